The number of nitrogens with zero attached hydrogens (tertiary/aromatic N) is 1. The van der Waals surface area contributed by atoms with Crippen LogP contribution < -0.4 is 20.1 Å². The van der Waals surface area contributed by atoms with E-state index in [1.165, 1.54) is 5.56 Å². The van der Waals surface area contributed by atoms with Crippen LogP contribution in [-0.4, -0.2) is 33.4 Å². The standard InChI is InChI=1S/C20H26N2O2/c1-23-19-9-8-18(12-20(19)24-2)22-13-16(11-17(21)14-22)10-15-6-4-3-5-7-15/h3-9,12,16-17H,10-11,13-14,21H2,1-2H3. The predicted octanol–water partition coefficient (Wildman–Crippen LogP) is 3.10. The Morgan fingerprint density at radius 1 is 1.00 bits per heavy atom. The maximum Gasteiger partial charge on any atom is 0.162 e. The maximum atomic E-state index is 6.34. The highest BCUT2D eigenvalue weighted by Crippen LogP contribution is 2.33. The van der Waals surface area contributed by atoms with Gasteiger partial charge in [-0.1, -0.05) is 30.3 Å². The minimum absolute atomic E-state index is 0.195. The summed E-state index contributed by atoms with van der Waals surface area (Å²) >= 11 is 0. The van der Waals surface area contributed by atoms with Gasteiger partial charge in [0.1, 0.15) is 0 Å². The molecule has 128 valence electrons. The number of methoxy groups -OCH3 is 2. The Morgan fingerprint density at radius 2 is 1.75 bits per heavy atom. The number of hydrogen-bond donors (Lipinski definition) is 1. The summed E-state index contributed by atoms with van der Waals surface area (Å²) in [6, 6.07) is 16.9. The molecule has 1 aliphatic heterocycles. The third kappa shape index (κ3) is 3.82. The van der Waals surface area contributed by atoms with Crippen LogP contribution in [0.25, 0.3) is 0 Å². The van der Waals surface area contributed by atoms with Gasteiger partial charge in [0.2, 0.25) is 0 Å². The van der Waals surface area contributed by atoms with Crippen molar-refractivity contribution in [1.82, 2.24) is 0 Å². The van der Waals surface area contributed by atoms with Crippen LogP contribution in [-0.2, 0) is 6.42 Å². The van der Waals surface area contributed by atoms with Crippen LogP contribution in [0, 0.1) is 5.92 Å². The molecule has 24 heavy (non-hydrogen) atoms. The first kappa shape index (κ1) is 16.7. The topological polar surface area (TPSA) is 47.7 Å². The number of nitrogens with two attached hydrogens (primary N) is 1. The summed E-state index contributed by atoms with van der Waals surface area (Å²) in [7, 11) is 3.33. The zero-order chi connectivity index (χ0) is 16.9. The van der Waals surface area contributed by atoms with Crippen molar-refractivity contribution < 1.29 is 9.47 Å². The lowest BCUT2D eigenvalue weighted by molar-refractivity contribution is 0.353. The molecule has 0 spiro atoms. The molecule has 3 rings (SSSR count). The van der Waals surface area contributed by atoms with E-state index in [1.807, 2.05) is 12.1 Å². The Labute approximate surface area is 144 Å². The second-order valence-electron chi connectivity index (χ2n) is 6.50. The lowest BCUT2D eigenvalue weighted by Gasteiger charge is -2.38. The van der Waals surface area contributed by atoms with E-state index in [-0.39, 0.29) is 6.04 Å². The van der Waals surface area contributed by atoms with Crippen molar-refractivity contribution in [2.24, 2.45) is 11.7 Å². The minimum atomic E-state index is 0.195. The first-order valence-electron chi connectivity index (χ1n) is 8.46. The molecule has 2 aromatic rings. The van der Waals surface area contributed by atoms with Gasteiger partial charge in [0, 0.05) is 30.9 Å². The second kappa shape index (κ2) is 7.58. The highest BCUT2D eigenvalue weighted by atomic mass is 16.5. The molecule has 0 aliphatic carbocycles. The van der Waals surface area contributed by atoms with Gasteiger partial charge >= 0.3 is 0 Å². The summed E-state index contributed by atoms with van der Waals surface area (Å²) in [5.41, 5.74) is 8.85. The molecule has 0 radical (unpaired) electrons. The molecular weight excluding hydrogens is 300 g/mol. The van der Waals surface area contributed by atoms with Crippen molar-refractivity contribution in [3.63, 3.8) is 0 Å². The van der Waals surface area contributed by atoms with E-state index >= 15 is 0 Å². The Morgan fingerprint density at radius 3 is 2.46 bits per heavy atom. The van der Waals surface area contributed by atoms with Gasteiger partial charge in [0.05, 0.1) is 14.2 Å². The zero-order valence-corrected chi connectivity index (χ0v) is 14.4. The molecule has 0 saturated carbocycles. The van der Waals surface area contributed by atoms with Crippen molar-refractivity contribution >= 4 is 5.69 Å². The Kier molecular flexibility index (Phi) is 5.26. The van der Waals surface area contributed by atoms with Crippen LogP contribution >= 0.6 is 0 Å². The molecule has 0 amide bonds. The summed E-state index contributed by atoms with van der Waals surface area (Å²) in [5.74, 6) is 2.07. The third-order valence-corrected chi connectivity index (χ3v) is 4.67. The first-order valence-corrected chi connectivity index (χ1v) is 8.46. The fourth-order valence-corrected chi connectivity index (χ4v) is 3.57. The van der Waals surface area contributed by atoms with Gasteiger partial charge in [-0.3, -0.25) is 0 Å². The van der Waals surface area contributed by atoms with E-state index in [0.717, 1.165) is 43.1 Å². The van der Waals surface area contributed by atoms with Gasteiger partial charge in [-0.25, -0.2) is 0 Å². The molecule has 1 heterocycles. The van der Waals surface area contributed by atoms with Crippen LogP contribution in [0.4, 0.5) is 5.69 Å². The highest BCUT2D eigenvalue weighted by Gasteiger charge is 2.26. The van der Waals surface area contributed by atoms with Gasteiger partial charge in [0.15, 0.2) is 11.5 Å². The van der Waals surface area contributed by atoms with Crippen molar-refractivity contribution in [1.29, 1.82) is 0 Å². The molecule has 0 bridgehead atoms. The van der Waals surface area contributed by atoms with E-state index in [9.17, 15) is 0 Å². The first-order chi connectivity index (χ1) is 11.7. The third-order valence-electron chi connectivity index (χ3n) is 4.67. The smallest absolute Gasteiger partial charge is 0.162 e. The van der Waals surface area contributed by atoms with Gasteiger partial charge in [-0.15, -0.1) is 0 Å². The molecule has 1 fully saturated rings. The predicted molar refractivity (Wildman–Crippen MR) is 98.0 cm³/mol. The van der Waals surface area contributed by atoms with Crippen molar-refractivity contribution in [3.05, 3.63) is 54.1 Å². The molecular formula is C20H26N2O2. The summed E-state index contributed by atoms with van der Waals surface area (Å²) in [4.78, 5) is 2.36. The maximum absolute atomic E-state index is 6.34. The SMILES string of the molecule is COc1ccc(N2CC(N)CC(Cc3ccccc3)C2)cc1OC. The Balaban J connectivity index is 1.75. The fraction of sp³-hybridized carbons (Fsp3) is 0.400. The Bertz CT molecular complexity index is 660. The number of anilines is 1. The van der Waals surface area contributed by atoms with Crippen LogP contribution in [0.3, 0.4) is 0 Å². The fourth-order valence-electron chi connectivity index (χ4n) is 3.57. The number of piperidine rings is 1. The second-order valence-corrected chi connectivity index (χ2v) is 6.50. The summed E-state index contributed by atoms with van der Waals surface area (Å²) in [5, 5.41) is 0. The summed E-state index contributed by atoms with van der Waals surface area (Å²) in [6.45, 7) is 1.89. The molecule has 0 aromatic heterocycles. The molecule has 2 N–H and O–H groups in total. The summed E-state index contributed by atoms with van der Waals surface area (Å²) < 4.78 is 10.8. The van der Waals surface area contributed by atoms with Crippen LogP contribution in [0.15, 0.2) is 48.5 Å². The van der Waals surface area contributed by atoms with Crippen molar-refractivity contribution in [3.8, 4) is 11.5 Å². The van der Waals surface area contributed by atoms with Crippen LogP contribution in [0.1, 0.15) is 12.0 Å². The van der Waals surface area contributed by atoms with Crippen molar-refractivity contribution in [2.45, 2.75) is 18.9 Å². The van der Waals surface area contributed by atoms with Crippen LogP contribution in [0.5, 0.6) is 11.5 Å². The van der Waals surface area contributed by atoms with E-state index in [1.54, 1.807) is 14.2 Å². The molecule has 4 nitrogen and oxygen atoms in total. The number of ether oxygens (including phenoxy) is 2. The minimum Gasteiger partial charge on any atom is -0.493 e. The average Bonchev–Trinajstić information content (AvgIpc) is 2.61. The van der Waals surface area contributed by atoms with E-state index < -0.39 is 0 Å². The molecule has 1 aliphatic rings. The van der Waals surface area contributed by atoms with Gasteiger partial charge in [-0.2, -0.15) is 0 Å². The normalized spacial score (nSPS) is 20.7. The molecule has 2 aromatic carbocycles. The van der Waals surface area contributed by atoms with E-state index in [0.29, 0.717) is 5.92 Å². The van der Waals surface area contributed by atoms with E-state index in [2.05, 4.69) is 41.3 Å². The molecule has 2 atom stereocenters. The molecule has 2 unspecified atom stereocenters. The lowest BCUT2D eigenvalue weighted by atomic mass is 9.89. The van der Waals surface area contributed by atoms with Gasteiger partial charge in [0.25, 0.3) is 0 Å². The van der Waals surface area contributed by atoms with E-state index in [4.69, 9.17) is 15.2 Å². The summed E-state index contributed by atoms with van der Waals surface area (Å²) in [6.07, 6.45) is 2.14. The number of benzene rings is 2. The largest absolute Gasteiger partial charge is 0.493 e. The number of hydrogen-bond acceptors (Lipinski definition) is 4. The zero-order valence-electron chi connectivity index (χ0n) is 14.4. The molecule has 4 heteroatoms. The van der Waals surface area contributed by atoms with Gasteiger partial charge < -0.3 is 20.1 Å². The molecule has 1 saturated heterocycles. The quantitative estimate of drug-likeness (QED) is 0.917. The Hall–Kier alpha value is -2.20. The van der Waals surface area contributed by atoms with Gasteiger partial charge in [-0.05, 0) is 36.5 Å². The average molecular weight is 326 g/mol. The number of rotatable bonds is 5. The monoisotopic (exact) mass is 326 g/mol. The van der Waals surface area contributed by atoms with Crippen LogP contribution in [0.2, 0.25) is 0 Å². The highest BCUT2D eigenvalue weighted by molar-refractivity contribution is 5.56. The lowest BCUT2D eigenvalue weighted by Crippen LogP contribution is -2.47. The van der Waals surface area contributed by atoms with Crippen molar-refractivity contribution in [2.75, 3.05) is 32.2 Å².